The van der Waals surface area contributed by atoms with Crippen LogP contribution in [0, 0.1) is 0 Å². The fourth-order valence-electron chi connectivity index (χ4n) is 0.310. The van der Waals surface area contributed by atoms with E-state index in [1.165, 1.54) is 0 Å². The van der Waals surface area contributed by atoms with Crippen LogP contribution in [0.25, 0.3) is 0 Å². The van der Waals surface area contributed by atoms with E-state index in [-0.39, 0.29) is 6.61 Å². The van der Waals surface area contributed by atoms with E-state index in [1.54, 1.807) is 0 Å². The van der Waals surface area contributed by atoms with Gasteiger partial charge in [0.15, 0.2) is 6.61 Å². The number of hydrogen-bond donors (Lipinski definition) is 0. The third kappa shape index (κ3) is 5.26. The molecule has 0 aromatic rings. The summed E-state index contributed by atoms with van der Waals surface area (Å²) >= 11 is 0. The van der Waals surface area contributed by atoms with E-state index in [2.05, 4.69) is 9.57 Å². The monoisotopic (exact) mass is 131 g/mol. The van der Waals surface area contributed by atoms with Gasteiger partial charge in [0.05, 0.1) is 6.61 Å². The van der Waals surface area contributed by atoms with Gasteiger partial charge in [0.25, 0.3) is 0 Å². The largest absolute Gasteiger partial charge is 0.464 e. The summed E-state index contributed by atoms with van der Waals surface area (Å²) in [7, 11) is 0. The van der Waals surface area contributed by atoms with Crippen molar-refractivity contribution in [2.75, 3.05) is 13.2 Å². The maximum atomic E-state index is 10.3. The number of esters is 1. The van der Waals surface area contributed by atoms with Crippen molar-refractivity contribution >= 4 is 5.97 Å². The molecule has 0 atom stereocenters. The Hall–Kier alpha value is -0.610. The maximum Gasteiger partial charge on any atom is 0.334 e. The highest BCUT2D eigenvalue weighted by molar-refractivity contribution is 5.70. The van der Waals surface area contributed by atoms with Gasteiger partial charge < -0.3 is 4.74 Å². The number of ether oxygens (including phenoxy) is 1. The van der Waals surface area contributed by atoms with Crippen LogP contribution in [0.3, 0.4) is 0 Å². The van der Waals surface area contributed by atoms with Crippen LogP contribution >= 0.6 is 0 Å². The summed E-state index contributed by atoms with van der Waals surface area (Å²) in [4.78, 5) is 13.8. The van der Waals surface area contributed by atoms with Gasteiger partial charge in [-0.1, -0.05) is 6.92 Å². The van der Waals surface area contributed by atoms with E-state index in [4.69, 9.17) is 5.90 Å². The van der Waals surface area contributed by atoms with Gasteiger partial charge >= 0.3 is 5.97 Å². The van der Waals surface area contributed by atoms with E-state index in [0.29, 0.717) is 6.61 Å². The fourth-order valence-corrected chi connectivity index (χ4v) is 0.310. The van der Waals surface area contributed by atoms with Gasteiger partial charge in [0.2, 0.25) is 0 Å². The number of hydrogen-bond acceptors (Lipinski definition) is 3. The Bertz CT molecular complexity index is 84.3. The highest BCUT2D eigenvalue weighted by atomic mass is 16.6. The molecule has 0 bridgehead atoms. The van der Waals surface area contributed by atoms with Gasteiger partial charge in [0, 0.05) is 5.90 Å². The first-order valence-electron chi connectivity index (χ1n) is 2.73. The van der Waals surface area contributed by atoms with Crippen molar-refractivity contribution in [3.63, 3.8) is 0 Å². The molecule has 0 fully saturated rings. The van der Waals surface area contributed by atoms with Gasteiger partial charge in [-0.15, -0.1) is 0 Å². The first-order chi connectivity index (χ1) is 4.31. The smallest absolute Gasteiger partial charge is 0.334 e. The Kier molecular flexibility index (Phi) is 5.15. The molecule has 0 aromatic carbocycles. The highest BCUT2D eigenvalue weighted by Crippen LogP contribution is 1.81. The lowest BCUT2D eigenvalue weighted by molar-refractivity contribution is -0.149. The summed E-state index contributed by atoms with van der Waals surface area (Å²) in [5.41, 5.74) is 0. The summed E-state index contributed by atoms with van der Waals surface area (Å²) in [6, 6.07) is 0. The molecule has 4 nitrogen and oxygen atoms in total. The molecule has 2 radical (unpaired) electrons. The number of nitrogens with zero attached hydrogens (tertiary/aromatic N) is 1. The lowest BCUT2D eigenvalue weighted by Gasteiger charge is -1.98. The first kappa shape index (κ1) is 8.39. The molecule has 9 heavy (non-hydrogen) atoms. The predicted molar refractivity (Wildman–Crippen MR) is 29.3 cm³/mol. The molecule has 0 heterocycles. The van der Waals surface area contributed by atoms with Crippen LogP contribution in [0.4, 0.5) is 0 Å². The second-order valence-electron chi connectivity index (χ2n) is 1.49. The zero-order chi connectivity index (χ0) is 7.11. The minimum Gasteiger partial charge on any atom is -0.464 e. The van der Waals surface area contributed by atoms with Crippen LogP contribution in [-0.2, 0) is 14.4 Å². The van der Waals surface area contributed by atoms with Crippen LogP contribution in [0.15, 0.2) is 0 Å². The minimum absolute atomic E-state index is 0.377. The van der Waals surface area contributed by atoms with Gasteiger partial charge in [-0.3, -0.25) is 4.84 Å². The molecule has 0 spiro atoms. The van der Waals surface area contributed by atoms with Crippen molar-refractivity contribution in [2.45, 2.75) is 13.3 Å². The number of carbonyl (C=O) groups is 1. The average Bonchev–Trinajstić information content (AvgIpc) is 1.85. The molecule has 0 aliphatic heterocycles. The minimum atomic E-state index is -0.542. The summed E-state index contributed by atoms with van der Waals surface area (Å²) in [5, 5.41) is 0. The summed E-state index contributed by atoms with van der Waals surface area (Å²) < 4.78 is 4.51. The van der Waals surface area contributed by atoms with E-state index < -0.39 is 5.97 Å². The van der Waals surface area contributed by atoms with Gasteiger partial charge in [-0.05, 0) is 6.42 Å². The van der Waals surface area contributed by atoms with E-state index in [0.717, 1.165) is 6.42 Å². The molecule has 0 rings (SSSR count). The third-order valence-corrected chi connectivity index (χ3v) is 0.650. The average molecular weight is 131 g/mol. The van der Waals surface area contributed by atoms with Crippen molar-refractivity contribution < 1.29 is 14.4 Å². The topological polar surface area (TPSA) is 57.8 Å². The van der Waals surface area contributed by atoms with Crippen LogP contribution in [0.5, 0.6) is 0 Å². The first-order valence-corrected chi connectivity index (χ1v) is 2.73. The lowest BCUT2D eigenvalue weighted by atomic mass is 10.5. The fraction of sp³-hybridized carbons (Fsp3) is 0.800. The molecule has 0 aliphatic carbocycles. The molecule has 0 N–H and O–H groups in total. The predicted octanol–water partition coefficient (Wildman–Crippen LogP) is -0.0601. The summed E-state index contributed by atoms with van der Waals surface area (Å²) in [6.45, 7) is 1.87. The Morgan fingerprint density at radius 3 is 2.78 bits per heavy atom. The molecule has 0 amide bonds. The molecule has 4 heteroatoms. The molecular weight excluding hydrogens is 122 g/mol. The van der Waals surface area contributed by atoms with Crippen LogP contribution in [0.2, 0.25) is 0 Å². The molecule has 0 aromatic heterocycles. The zero-order valence-electron chi connectivity index (χ0n) is 5.29. The van der Waals surface area contributed by atoms with Crippen molar-refractivity contribution in [1.29, 1.82) is 0 Å². The van der Waals surface area contributed by atoms with Crippen molar-refractivity contribution in [3.05, 3.63) is 0 Å². The third-order valence-electron chi connectivity index (χ3n) is 0.650. The number of carbonyl (C=O) groups excluding carboxylic acids is 1. The van der Waals surface area contributed by atoms with E-state index >= 15 is 0 Å². The molecule has 0 aliphatic rings. The van der Waals surface area contributed by atoms with Crippen molar-refractivity contribution in [2.24, 2.45) is 0 Å². The van der Waals surface area contributed by atoms with Crippen LogP contribution < -0.4 is 5.90 Å². The van der Waals surface area contributed by atoms with Crippen LogP contribution in [-0.4, -0.2) is 19.2 Å². The van der Waals surface area contributed by atoms with Crippen molar-refractivity contribution in [1.82, 2.24) is 5.90 Å². The second kappa shape index (κ2) is 5.53. The Balaban J connectivity index is 3.06. The molecular formula is C5H9NO3. The molecule has 0 saturated heterocycles. The summed E-state index contributed by atoms with van der Waals surface area (Å²) in [5.74, 6) is 7.19. The zero-order valence-corrected chi connectivity index (χ0v) is 5.29. The van der Waals surface area contributed by atoms with Crippen molar-refractivity contribution in [3.8, 4) is 0 Å². The second-order valence-corrected chi connectivity index (χ2v) is 1.49. The molecule has 0 saturated carbocycles. The summed E-state index contributed by atoms with van der Waals surface area (Å²) in [6.07, 6.45) is 0.775. The van der Waals surface area contributed by atoms with Crippen LogP contribution in [0.1, 0.15) is 13.3 Å². The maximum absolute atomic E-state index is 10.3. The highest BCUT2D eigenvalue weighted by Gasteiger charge is 1.99. The Morgan fingerprint density at radius 2 is 2.33 bits per heavy atom. The Morgan fingerprint density at radius 1 is 1.67 bits per heavy atom. The van der Waals surface area contributed by atoms with Gasteiger partial charge in [-0.2, -0.15) is 0 Å². The quantitative estimate of drug-likeness (QED) is 0.396. The number of rotatable bonds is 4. The lowest BCUT2D eigenvalue weighted by Crippen LogP contribution is -2.12. The van der Waals surface area contributed by atoms with Gasteiger partial charge in [0.1, 0.15) is 0 Å². The molecule has 0 unspecified atom stereocenters. The normalized spacial score (nSPS) is 9.11. The molecule has 52 valence electrons. The van der Waals surface area contributed by atoms with E-state index in [1.807, 2.05) is 6.92 Å². The Labute approximate surface area is 53.9 Å². The van der Waals surface area contributed by atoms with Gasteiger partial charge in [-0.25, -0.2) is 4.79 Å². The van der Waals surface area contributed by atoms with E-state index in [9.17, 15) is 4.79 Å². The SMILES string of the molecule is CCCOC(=O)CO[N]. The standard InChI is InChI=1S/C5H9NO3/c1-2-3-8-5(7)4-9-6/h2-4H2,1H3.